The molecule has 0 bridgehead atoms. The minimum atomic E-state index is -0.219. The highest BCUT2D eigenvalue weighted by Gasteiger charge is 2.01. The van der Waals surface area contributed by atoms with Crippen LogP contribution in [0.2, 0.25) is 0 Å². The largest absolute Gasteiger partial charge is 0.393 e. The molecule has 23 heavy (non-hydrogen) atoms. The summed E-state index contributed by atoms with van der Waals surface area (Å²) >= 11 is 0. The highest BCUT2D eigenvalue weighted by molar-refractivity contribution is 5.56. The second-order valence-electron chi connectivity index (χ2n) is 5.71. The first-order valence-electron chi connectivity index (χ1n) is 8.06. The van der Waals surface area contributed by atoms with E-state index in [1.54, 1.807) is 0 Å². The van der Waals surface area contributed by atoms with E-state index < -0.39 is 0 Å². The van der Waals surface area contributed by atoms with Gasteiger partial charge in [-0.1, -0.05) is 42.5 Å². The molecule has 1 aromatic carbocycles. The summed E-state index contributed by atoms with van der Waals surface area (Å²) in [5.41, 5.74) is 3.25. The van der Waals surface area contributed by atoms with Crippen molar-refractivity contribution >= 4 is 6.08 Å². The van der Waals surface area contributed by atoms with E-state index in [4.69, 9.17) is 0 Å². The third-order valence-electron chi connectivity index (χ3n) is 3.57. The Bertz CT molecular complexity index is 628. The monoisotopic (exact) mass is 308 g/mol. The van der Waals surface area contributed by atoms with E-state index in [1.165, 1.54) is 5.56 Å². The topological polar surface area (TPSA) is 46.0 Å². The molecule has 120 valence electrons. The van der Waals surface area contributed by atoms with E-state index in [1.807, 2.05) is 43.6 Å². The lowest BCUT2D eigenvalue weighted by molar-refractivity contribution is 0.182. The summed E-state index contributed by atoms with van der Waals surface area (Å²) in [4.78, 5) is 8.86. The molecule has 2 aromatic rings. The number of aliphatic hydroxyl groups is 1. The van der Waals surface area contributed by atoms with Gasteiger partial charge in [0.25, 0.3) is 0 Å². The molecule has 0 amide bonds. The summed E-state index contributed by atoms with van der Waals surface area (Å²) in [6.07, 6.45) is 13.1. The fourth-order valence-electron chi connectivity index (χ4n) is 2.28. The van der Waals surface area contributed by atoms with E-state index in [9.17, 15) is 5.11 Å². The summed E-state index contributed by atoms with van der Waals surface area (Å²) in [6.45, 7) is 5.57. The lowest BCUT2D eigenvalue weighted by atomic mass is 10.1. The number of benzene rings is 1. The maximum Gasteiger partial charge on any atom is 0.159 e. The van der Waals surface area contributed by atoms with Crippen molar-refractivity contribution in [3.05, 3.63) is 66.5 Å². The molecule has 3 heteroatoms. The van der Waals surface area contributed by atoms with Crippen LogP contribution in [0.4, 0.5) is 0 Å². The molecule has 2 rings (SSSR count). The van der Waals surface area contributed by atoms with Gasteiger partial charge in [-0.15, -0.1) is 6.58 Å². The lowest BCUT2D eigenvalue weighted by Crippen LogP contribution is -1.97. The van der Waals surface area contributed by atoms with Crippen molar-refractivity contribution in [2.75, 3.05) is 0 Å². The molecule has 0 aliphatic carbocycles. The second kappa shape index (κ2) is 9.01. The molecule has 1 N–H and O–H groups in total. The summed E-state index contributed by atoms with van der Waals surface area (Å²) in [5, 5.41) is 9.21. The maximum absolute atomic E-state index is 9.21. The molecule has 0 aliphatic rings. The number of allylic oxidation sites excluding steroid dienone is 2. The van der Waals surface area contributed by atoms with Crippen LogP contribution in [0, 0.1) is 0 Å². The summed E-state index contributed by atoms with van der Waals surface area (Å²) in [6, 6.07) is 8.24. The molecule has 0 fully saturated rings. The second-order valence-corrected chi connectivity index (χ2v) is 5.71. The molecule has 0 spiro atoms. The number of aromatic nitrogens is 2. The van der Waals surface area contributed by atoms with Crippen LogP contribution < -0.4 is 0 Å². The van der Waals surface area contributed by atoms with E-state index in [0.29, 0.717) is 0 Å². The SMILES string of the molecule is C=CCc1ccc(-c2ncc(C=CCCCC(C)O)cn2)cc1. The Morgan fingerprint density at radius 3 is 2.48 bits per heavy atom. The first-order valence-corrected chi connectivity index (χ1v) is 8.06. The Balaban J connectivity index is 1.93. The first kappa shape index (κ1) is 17.1. The molecule has 3 nitrogen and oxygen atoms in total. The number of rotatable bonds is 8. The van der Waals surface area contributed by atoms with Crippen LogP contribution in [0.15, 0.2) is 55.4 Å². The van der Waals surface area contributed by atoms with Crippen LogP contribution >= 0.6 is 0 Å². The minimum Gasteiger partial charge on any atom is -0.393 e. The molecule has 0 saturated heterocycles. The number of unbranched alkanes of at least 4 members (excludes halogenated alkanes) is 1. The average molecular weight is 308 g/mol. The summed E-state index contributed by atoms with van der Waals surface area (Å²) < 4.78 is 0. The van der Waals surface area contributed by atoms with Gasteiger partial charge in [-0.2, -0.15) is 0 Å². The van der Waals surface area contributed by atoms with Crippen LogP contribution in [-0.2, 0) is 6.42 Å². The summed E-state index contributed by atoms with van der Waals surface area (Å²) in [5.74, 6) is 0.737. The zero-order chi connectivity index (χ0) is 16.5. The zero-order valence-electron chi connectivity index (χ0n) is 13.7. The predicted molar refractivity (Wildman–Crippen MR) is 95.9 cm³/mol. The van der Waals surface area contributed by atoms with Crippen molar-refractivity contribution in [3.8, 4) is 11.4 Å². The Morgan fingerprint density at radius 1 is 1.17 bits per heavy atom. The van der Waals surface area contributed by atoms with Gasteiger partial charge in [0, 0.05) is 23.5 Å². The van der Waals surface area contributed by atoms with Crippen LogP contribution in [0.5, 0.6) is 0 Å². The van der Waals surface area contributed by atoms with Crippen molar-refractivity contribution in [1.82, 2.24) is 9.97 Å². The molecule has 0 saturated carbocycles. The van der Waals surface area contributed by atoms with Crippen molar-refractivity contribution in [2.45, 2.75) is 38.7 Å². The number of hydrogen-bond donors (Lipinski definition) is 1. The number of hydrogen-bond acceptors (Lipinski definition) is 3. The Kier molecular flexibility index (Phi) is 6.70. The quantitative estimate of drug-likeness (QED) is 0.579. The fourth-order valence-corrected chi connectivity index (χ4v) is 2.28. The van der Waals surface area contributed by atoms with Gasteiger partial charge in [0.05, 0.1) is 6.10 Å². The van der Waals surface area contributed by atoms with Crippen molar-refractivity contribution in [3.63, 3.8) is 0 Å². The maximum atomic E-state index is 9.21. The molecular weight excluding hydrogens is 284 g/mol. The minimum absolute atomic E-state index is 0.219. The number of aliphatic hydroxyl groups excluding tert-OH is 1. The molecule has 1 unspecified atom stereocenters. The molecular formula is C20H24N2O. The van der Waals surface area contributed by atoms with Crippen molar-refractivity contribution in [2.24, 2.45) is 0 Å². The zero-order valence-corrected chi connectivity index (χ0v) is 13.7. The van der Waals surface area contributed by atoms with E-state index in [2.05, 4.69) is 34.8 Å². The van der Waals surface area contributed by atoms with Crippen molar-refractivity contribution in [1.29, 1.82) is 0 Å². The van der Waals surface area contributed by atoms with Gasteiger partial charge in [-0.05, 0) is 38.2 Å². The molecule has 0 radical (unpaired) electrons. The predicted octanol–water partition coefficient (Wildman–Crippen LogP) is 4.44. The first-order chi connectivity index (χ1) is 11.2. The van der Waals surface area contributed by atoms with Crippen LogP contribution in [0.3, 0.4) is 0 Å². The smallest absolute Gasteiger partial charge is 0.159 e. The Hall–Kier alpha value is -2.26. The standard InChI is InChI=1S/C20H24N2O/c1-3-7-17-10-12-19(13-11-17)20-21-14-18(15-22-20)9-6-4-5-8-16(2)23/h3,6,9-16,23H,1,4-5,7-8H2,2H3. The van der Waals surface area contributed by atoms with Gasteiger partial charge in [0.1, 0.15) is 0 Å². The van der Waals surface area contributed by atoms with E-state index in [-0.39, 0.29) is 6.10 Å². The lowest BCUT2D eigenvalue weighted by Gasteiger charge is -2.02. The molecule has 0 aliphatic heterocycles. The van der Waals surface area contributed by atoms with Gasteiger partial charge < -0.3 is 5.11 Å². The van der Waals surface area contributed by atoms with Gasteiger partial charge in [-0.3, -0.25) is 0 Å². The average Bonchev–Trinajstić information content (AvgIpc) is 2.56. The van der Waals surface area contributed by atoms with Gasteiger partial charge >= 0.3 is 0 Å². The van der Waals surface area contributed by atoms with Crippen LogP contribution in [0.25, 0.3) is 17.5 Å². The van der Waals surface area contributed by atoms with Crippen LogP contribution in [-0.4, -0.2) is 21.2 Å². The molecule has 1 aromatic heterocycles. The third-order valence-corrected chi connectivity index (χ3v) is 3.57. The number of nitrogens with zero attached hydrogens (tertiary/aromatic N) is 2. The van der Waals surface area contributed by atoms with Gasteiger partial charge in [0.15, 0.2) is 5.82 Å². The highest BCUT2D eigenvalue weighted by atomic mass is 16.3. The van der Waals surface area contributed by atoms with Gasteiger partial charge in [-0.25, -0.2) is 9.97 Å². The fraction of sp³-hybridized carbons (Fsp3) is 0.300. The van der Waals surface area contributed by atoms with E-state index >= 15 is 0 Å². The highest BCUT2D eigenvalue weighted by Crippen LogP contribution is 2.16. The van der Waals surface area contributed by atoms with Crippen LogP contribution in [0.1, 0.15) is 37.3 Å². The molecule has 1 heterocycles. The third kappa shape index (κ3) is 5.80. The normalized spacial score (nSPS) is 12.4. The Labute approximate surface area is 138 Å². The Morgan fingerprint density at radius 2 is 1.87 bits per heavy atom. The van der Waals surface area contributed by atoms with Gasteiger partial charge in [0.2, 0.25) is 0 Å². The summed E-state index contributed by atoms with van der Waals surface area (Å²) in [7, 11) is 0. The van der Waals surface area contributed by atoms with E-state index in [0.717, 1.165) is 42.6 Å². The van der Waals surface area contributed by atoms with Crippen molar-refractivity contribution < 1.29 is 5.11 Å². The molecule has 1 atom stereocenters.